The van der Waals surface area contributed by atoms with Gasteiger partial charge in [-0.2, -0.15) is 17.0 Å². The van der Waals surface area contributed by atoms with Crippen LogP contribution in [0.25, 0.3) is 0 Å². The normalized spacial score (nSPS) is 14.2. The number of aliphatic hydroxyl groups excluding tert-OH is 1. The molecule has 0 aromatic rings. The summed E-state index contributed by atoms with van der Waals surface area (Å²) in [6.45, 7) is 47.6. The van der Waals surface area contributed by atoms with Crippen molar-refractivity contribution in [2.45, 2.75) is 197 Å². The van der Waals surface area contributed by atoms with E-state index in [1.54, 1.807) is 26.8 Å². The minimum atomic E-state index is -5.12. The van der Waals surface area contributed by atoms with Gasteiger partial charge in [0.05, 0.1) is 32.7 Å². The molecule has 0 spiro atoms. The molecule has 0 aliphatic carbocycles. The first-order chi connectivity index (χ1) is 36.5. The highest BCUT2D eigenvalue weighted by Crippen LogP contribution is 2.66. The third-order valence-corrected chi connectivity index (χ3v) is 13.5. The highest BCUT2D eigenvalue weighted by Gasteiger charge is 2.39. The Morgan fingerprint density at radius 1 is 0.458 bits per heavy atom. The van der Waals surface area contributed by atoms with Gasteiger partial charge >= 0.3 is 46.5 Å². The van der Waals surface area contributed by atoms with Gasteiger partial charge in [0.25, 0.3) is 10.1 Å². The molecule has 0 aromatic carbocycles. The van der Waals surface area contributed by atoms with Crippen molar-refractivity contribution in [3.05, 3.63) is 12.7 Å². The van der Waals surface area contributed by atoms with E-state index in [4.69, 9.17) is 44.3 Å². The first-order valence-corrected chi connectivity index (χ1v) is 41.4. The number of aliphatic hydroxyl groups is 1. The molecule has 39 heteroatoms. The summed E-state index contributed by atoms with van der Waals surface area (Å²) in [7, 11) is -35.9. The van der Waals surface area contributed by atoms with Gasteiger partial charge in [0.15, 0.2) is 0 Å². The van der Waals surface area contributed by atoms with Crippen LogP contribution in [-0.2, 0) is 97.0 Å². The largest absolute Gasteiger partial charge is 0.488 e. The standard InChI is InChI=1S/C3H11O9P3.2C3H9O3P.C3H8O3S.C3H8O2S.3C3H6O.5C3H8.C3H6.C2H8O7P2/c1-3-10-14(6,7)12-15(8,9)11-13(2,4)5;1-3-6-7(2,4)5;1-3(4)7(2,5)6;1-3-6-7(2,4)5;1-3-6(2,4)5;3*1-3(2)4;6*1-3-2;1-2-8-11(6,7)9-10(3,4)5/h3H2,1-2H3,(H,4,5)(H,6,7)(H,8,9);3H2,1-2H3,(H,4,5);3-4H,1-2H3,(H,5,6);3H2,1-2H3;3H2,1-2H3;3*1-2H3;5*3H2,1-2H3;3H,1H2,2H3;2H2,1H3,(H,6,7)(H2,3,4,5)/t;;3-;;;;;;;;;;;;/m..0............/s1. The van der Waals surface area contributed by atoms with Crippen LogP contribution >= 0.6 is 53.9 Å². The lowest BCUT2D eigenvalue weighted by Crippen LogP contribution is -2.00. The molecule has 30 nitrogen and oxygen atoms in total. The van der Waals surface area contributed by atoms with Gasteiger partial charge in [0, 0.05) is 32.0 Å². The number of Topliss-reactive ketones (excluding diaryl/α,β-unsaturated/α-hetero) is 3. The Morgan fingerprint density at radius 2 is 0.651 bits per heavy atom. The topological polar surface area (TPSA) is 486 Å². The highest BCUT2D eigenvalue weighted by atomic mass is 32.2. The van der Waals surface area contributed by atoms with E-state index in [0.717, 1.165) is 19.6 Å². The van der Waals surface area contributed by atoms with Gasteiger partial charge in [-0.1, -0.05) is 114 Å². The molecule has 0 aromatic heterocycles. The molecule has 0 saturated heterocycles. The van der Waals surface area contributed by atoms with Crippen LogP contribution in [0, 0.1) is 0 Å². The Hall–Kier alpha value is -0.380. The molecule has 0 rings (SSSR count). The lowest BCUT2D eigenvalue weighted by molar-refractivity contribution is -0.115. The summed E-state index contributed by atoms with van der Waals surface area (Å²) in [6, 6.07) is 0. The van der Waals surface area contributed by atoms with E-state index in [0.29, 0.717) is 13.3 Å². The lowest BCUT2D eigenvalue weighted by Gasteiger charge is -2.15. The number of hydrogen-bond donors (Lipinski definition) is 9. The Labute approximate surface area is 501 Å². The van der Waals surface area contributed by atoms with Crippen molar-refractivity contribution in [2.75, 3.05) is 64.7 Å². The molecule has 0 saturated carbocycles. The van der Waals surface area contributed by atoms with Crippen molar-refractivity contribution < 1.29 is 138 Å². The van der Waals surface area contributed by atoms with Crippen LogP contribution in [0.4, 0.5) is 0 Å². The molecule has 6 unspecified atom stereocenters. The minimum absolute atomic E-state index is 0.167. The SMILES string of the molecule is C=CC.CC(C)=O.CC(C)=O.CC(C)=O.CCC.CCC.CCC.CCC.CCC.CCOP(=O)(O)OP(=O)(O)O.CCOP(=O)(O)OP(=O)(O)OP(C)(=O)O.CCOP(C)(=O)O.CCOS(C)(=O)=O.CCS(C)(=O)=O.C[C@@H](O)P(C)(=O)O. The Kier molecular flexibility index (Phi) is 110. The molecular weight excluding hydrogens is 1290 g/mol. The van der Waals surface area contributed by atoms with Gasteiger partial charge in [0.2, 0.25) is 7.37 Å². The number of ketones is 3. The molecule has 0 bridgehead atoms. The second-order valence-electron chi connectivity index (χ2n) is 15.6. The second kappa shape index (κ2) is 75.9. The molecule has 0 amide bonds. The van der Waals surface area contributed by atoms with Crippen LogP contribution in [0.3, 0.4) is 0 Å². The Balaban J connectivity index is -0.0000000476. The van der Waals surface area contributed by atoms with E-state index >= 15 is 0 Å². The van der Waals surface area contributed by atoms with Crippen LogP contribution in [-0.4, -0.2) is 149 Å². The van der Waals surface area contributed by atoms with E-state index in [1.165, 1.54) is 101 Å². The van der Waals surface area contributed by atoms with Gasteiger partial charge in [-0.15, -0.1) is 6.58 Å². The van der Waals surface area contributed by atoms with Gasteiger partial charge in [-0.25, -0.2) is 31.0 Å². The highest BCUT2D eigenvalue weighted by molar-refractivity contribution is 7.90. The zero-order valence-corrected chi connectivity index (χ0v) is 62.9. The monoisotopic (exact) mass is 1410 g/mol. The average molecular weight is 1410 g/mol. The maximum atomic E-state index is 10.9. The Bertz CT molecular complexity index is 1950. The summed E-state index contributed by atoms with van der Waals surface area (Å²) in [5, 5.41) is 8.38. The van der Waals surface area contributed by atoms with Gasteiger partial charge in [-0.3, -0.25) is 26.9 Å². The predicted molar refractivity (Wildman–Crippen MR) is 335 cm³/mol. The van der Waals surface area contributed by atoms with Crippen LogP contribution in [0.15, 0.2) is 12.7 Å². The molecule has 0 fully saturated rings. The van der Waals surface area contributed by atoms with E-state index in [-0.39, 0.29) is 42.9 Å². The zero-order valence-electron chi connectivity index (χ0n) is 55.0. The molecule has 0 aliphatic heterocycles. The molecule has 9 N–H and O–H groups in total. The van der Waals surface area contributed by atoms with E-state index in [1.807, 2.05) is 6.92 Å². The van der Waals surface area contributed by atoms with Gasteiger partial charge < -0.3 is 63.2 Å². The van der Waals surface area contributed by atoms with Crippen LogP contribution in [0.1, 0.15) is 191 Å². The number of hydrogen-bond acceptors (Lipinski definition) is 22. The van der Waals surface area contributed by atoms with Crippen molar-refractivity contribution in [1.82, 2.24) is 0 Å². The molecule has 0 heterocycles. The maximum Gasteiger partial charge on any atom is 0.488 e. The number of phosphoric acid groups is 4. The first kappa shape index (κ1) is 120. The molecule has 0 radical (unpaired) electrons. The summed E-state index contributed by atoms with van der Waals surface area (Å²) in [5.41, 5.74) is 0. The fourth-order valence-electron chi connectivity index (χ4n) is 1.30. The van der Waals surface area contributed by atoms with Crippen molar-refractivity contribution in [3.8, 4) is 0 Å². The van der Waals surface area contributed by atoms with Gasteiger partial charge in [0.1, 0.15) is 33.0 Å². The molecular formula is C44H117O30P7S2. The number of carbonyl (C=O) groups is 3. The van der Waals surface area contributed by atoms with Crippen LogP contribution < -0.4 is 0 Å². The molecule has 0 aliphatic rings. The van der Waals surface area contributed by atoms with Crippen molar-refractivity contribution in [1.29, 1.82) is 0 Å². The maximum absolute atomic E-state index is 10.9. The van der Waals surface area contributed by atoms with E-state index in [2.05, 4.69) is 107 Å². The van der Waals surface area contributed by atoms with Crippen LogP contribution in [0.2, 0.25) is 0 Å². The summed E-state index contributed by atoms with van der Waals surface area (Å²) < 4.78 is 141. The average Bonchev–Trinajstić information content (AvgIpc) is 3.16. The summed E-state index contributed by atoms with van der Waals surface area (Å²) >= 11 is 0. The third kappa shape index (κ3) is 285. The second-order valence-corrected chi connectivity index (χ2v) is 32.0. The molecule has 83 heavy (non-hydrogen) atoms. The lowest BCUT2D eigenvalue weighted by atomic mass is 10.6. The molecule has 7 atom stereocenters. The van der Waals surface area contributed by atoms with Crippen molar-refractivity contribution in [3.63, 3.8) is 0 Å². The molecule has 520 valence electrons. The first-order valence-electron chi connectivity index (χ1n) is 25.3. The zero-order chi connectivity index (χ0) is 71.5. The summed E-state index contributed by atoms with van der Waals surface area (Å²) in [4.78, 5) is 95.8. The quantitative estimate of drug-likeness (QED) is 0.0394. The van der Waals surface area contributed by atoms with E-state index in [9.17, 15) is 63.2 Å². The predicted octanol–water partition coefficient (Wildman–Crippen LogP) is 12.5. The number of phosphoric ester groups is 2. The smallest absolute Gasteiger partial charge is 0.383 e. The fourth-order valence-corrected chi connectivity index (χ4v) is 7.27. The van der Waals surface area contributed by atoms with Crippen molar-refractivity contribution in [2.24, 2.45) is 0 Å². The minimum Gasteiger partial charge on any atom is -0.383 e. The summed E-state index contributed by atoms with van der Waals surface area (Å²) in [5.74, 6) is -0.347. The Morgan fingerprint density at radius 3 is 0.735 bits per heavy atom. The number of allylic oxidation sites excluding steroid dienone is 1. The van der Waals surface area contributed by atoms with E-state index < -0.39 is 79.7 Å². The number of sulfone groups is 1. The number of rotatable bonds is 16. The summed E-state index contributed by atoms with van der Waals surface area (Å²) in [6.07, 6.45) is 10.2. The van der Waals surface area contributed by atoms with Crippen LogP contribution in [0.5, 0.6) is 0 Å². The van der Waals surface area contributed by atoms with Crippen molar-refractivity contribution >= 4 is 91.2 Å². The number of carbonyl (C=O) groups excluding carboxylic acids is 3. The third-order valence-electron chi connectivity index (χ3n) is 3.17. The van der Waals surface area contributed by atoms with Gasteiger partial charge in [-0.05, 0) is 83.1 Å². The fraction of sp³-hybridized carbons (Fsp3) is 0.886.